The Hall–Kier alpha value is -0.560. The molecule has 0 fully saturated rings. The van der Waals surface area contributed by atoms with Crippen molar-refractivity contribution in [2.24, 2.45) is 0 Å². The lowest BCUT2D eigenvalue weighted by Gasteiger charge is -1.83. The Balaban J connectivity index is 3.13. The first kappa shape index (κ1) is 8.44. The fourth-order valence-corrected chi connectivity index (χ4v) is 0.445. The van der Waals surface area contributed by atoms with Crippen LogP contribution in [0.1, 0.15) is 13.3 Å². The summed E-state index contributed by atoms with van der Waals surface area (Å²) in [4.78, 5) is 0. The predicted molar refractivity (Wildman–Crippen MR) is 40.4 cm³/mol. The summed E-state index contributed by atoms with van der Waals surface area (Å²) in [5.74, 6) is 0. The number of hydrogen-bond acceptors (Lipinski definition) is 1. The van der Waals surface area contributed by atoms with Gasteiger partial charge in [0.2, 0.25) is 0 Å². The third-order valence-electron chi connectivity index (χ3n) is 0.882. The molecule has 0 aliphatic carbocycles. The summed E-state index contributed by atoms with van der Waals surface area (Å²) in [6.45, 7) is 2.81. The van der Waals surface area contributed by atoms with Crippen LogP contribution in [-0.4, -0.2) is 13.7 Å². The second kappa shape index (κ2) is 7.44. The second-order valence-corrected chi connectivity index (χ2v) is 1.72. The molecule has 1 nitrogen and oxygen atoms in total. The average molecular weight is 126 g/mol. The molecule has 0 amide bonds. The van der Waals surface area contributed by atoms with Gasteiger partial charge >= 0.3 is 0 Å². The Morgan fingerprint density at radius 3 is 2.44 bits per heavy atom. The van der Waals surface area contributed by atoms with Crippen molar-refractivity contribution in [3.63, 3.8) is 0 Å². The van der Waals surface area contributed by atoms with Crippen LogP contribution in [0.4, 0.5) is 0 Å². The Bertz CT molecular complexity index is 92.7. The van der Waals surface area contributed by atoms with E-state index in [1.807, 2.05) is 18.2 Å². The molecule has 0 saturated carbocycles. The minimum atomic E-state index is 0.702. The summed E-state index contributed by atoms with van der Waals surface area (Å²) < 4.78 is 4.80. The molecule has 0 N–H and O–H groups in total. The van der Waals surface area contributed by atoms with E-state index < -0.39 is 0 Å². The highest BCUT2D eigenvalue weighted by atomic mass is 16.5. The fourth-order valence-electron chi connectivity index (χ4n) is 0.445. The highest BCUT2D eigenvalue weighted by Gasteiger charge is 1.66. The smallest absolute Gasteiger partial charge is 0.0646 e. The number of methoxy groups -OCH3 is 1. The van der Waals surface area contributed by atoms with Crippen molar-refractivity contribution in [3.05, 3.63) is 24.3 Å². The zero-order chi connectivity index (χ0) is 6.95. The van der Waals surface area contributed by atoms with Gasteiger partial charge in [0.1, 0.15) is 0 Å². The maximum atomic E-state index is 4.80. The molecule has 0 aliphatic heterocycles. The van der Waals surface area contributed by atoms with Crippen LogP contribution in [0.3, 0.4) is 0 Å². The summed E-state index contributed by atoms with van der Waals surface area (Å²) >= 11 is 0. The van der Waals surface area contributed by atoms with E-state index in [0.29, 0.717) is 6.61 Å². The van der Waals surface area contributed by atoms with Gasteiger partial charge in [0, 0.05) is 7.11 Å². The van der Waals surface area contributed by atoms with Gasteiger partial charge in [0.25, 0.3) is 0 Å². The van der Waals surface area contributed by atoms with Crippen LogP contribution in [0.5, 0.6) is 0 Å². The van der Waals surface area contributed by atoms with E-state index in [2.05, 4.69) is 13.0 Å². The number of rotatable bonds is 4. The van der Waals surface area contributed by atoms with Crippen LogP contribution in [0.15, 0.2) is 24.3 Å². The third kappa shape index (κ3) is 7.44. The van der Waals surface area contributed by atoms with Crippen molar-refractivity contribution < 1.29 is 4.74 Å². The predicted octanol–water partition coefficient (Wildman–Crippen LogP) is 2.16. The molecule has 0 saturated heterocycles. The molecule has 52 valence electrons. The maximum absolute atomic E-state index is 4.80. The van der Waals surface area contributed by atoms with Crippen molar-refractivity contribution in [1.82, 2.24) is 0 Å². The van der Waals surface area contributed by atoms with Crippen LogP contribution in [0.2, 0.25) is 0 Å². The summed E-state index contributed by atoms with van der Waals surface area (Å²) in [5.41, 5.74) is 0. The molecule has 0 unspecified atom stereocenters. The molecule has 0 aromatic heterocycles. The minimum absolute atomic E-state index is 0.702. The van der Waals surface area contributed by atoms with Crippen LogP contribution < -0.4 is 0 Å². The Kier molecular flexibility index (Phi) is 6.98. The van der Waals surface area contributed by atoms with Crippen LogP contribution in [0.25, 0.3) is 0 Å². The van der Waals surface area contributed by atoms with Gasteiger partial charge in [-0.1, -0.05) is 31.2 Å². The second-order valence-electron chi connectivity index (χ2n) is 1.72. The highest BCUT2D eigenvalue weighted by Crippen LogP contribution is 1.81. The molecule has 0 bridgehead atoms. The normalized spacial score (nSPS) is 11.8. The van der Waals surface area contributed by atoms with Gasteiger partial charge in [-0.25, -0.2) is 0 Å². The monoisotopic (exact) mass is 126 g/mol. The molecule has 0 atom stereocenters. The minimum Gasteiger partial charge on any atom is -0.381 e. The zero-order valence-corrected chi connectivity index (χ0v) is 6.13. The molecule has 0 aromatic carbocycles. The van der Waals surface area contributed by atoms with Gasteiger partial charge in [0.05, 0.1) is 6.61 Å². The van der Waals surface area contributed by atoms with E-state index in [1.165, 1.54) is 0 Å². The van der Waals surface area contributed by atoms with E-state index >= 15 is 0 Å². The molecule has 0 radical (unpaired) electrons. The van der Waals surface area contributed by atoms with Gasteiger partial charge in [-0.05, 0) is 6.42 Å². The molecule has 0 aromatic rings. The van der Waals surface area contributed by atoms with Gasteiger partial charge in [-0.15, -0.1) is 0 Å². The standard InChI is InChI=1S/C8H14O/c1-3-4-5-6-7-8-9-2/h4-7H,3,8H2,1-2H3/b5-4-,7-6-. The van der Waals surface area contributed by atoms with Crippen molar-refractivity contribution in [2.75, 3.05) is 13.7 Å². The number of allylic oxidation sites excluding steroid dienone is 3. The van der Waals surface area contributed by atoms with Crippen LogP contribution in [-0.2, 0) is 4.74 Å². The van der Waals surface area contributed by atoms with E-state index in [1.54, 1.807) is 7.11 Å². The van der Waals surface area contributed by atoms with Gasteiger partial charge in [-0.3, -0.25) is 0 Å². The molecule has 9 heavy (non-hydrogen) atoms. The van der Waals surface area contributed by atoms with Gasteiger partial charge in [-0.2, -0.15) is 0 Å². The number of hydrogen-bond donors (Lipinski definition) is 0. The molecule has 1 heteroatoms. The van der Waals surface area contributed by atoms with Crippen molar-refractivity contribution in [2.45, 2.75) is 13.3 Å². The summed E-state index contributed by atoms with van der Waals surface area (Å²) in [6.07, 6.45) is 9.20. The van der Waals surface area contributed by atoms with Gasteiger partial charge in [0.15, 0.2) is 0 Å². The SMILES string of the molecule is CC/C=C\C=C/COC. The fraction of sp³-hybridized carbons (Fsp3) is 0.500. The zero-order valence-electron chi connectivity index (χ0n) is 6.13. The van der Waals surface area contributed by atoms with E-state index in [4.69, 9.17) is 4.74 Å². The number of ether oxygens (including phenoxy) is 1. The van der Waals surface area contributed by atoms with Crippen molar-refractivity contribution in [3.8, 4) is 0 Å². The molecule has 0 rings (SSSR count). The van der Waals surface area contributed by atoms with Crippen molar-refractivity contribution >= 4 is 0 Å². The van der Waals surface area contributed by atoms with Gasteiger partial charge < -0.3 is 4.74 Å². The quantitative estimate of drug-likeness (QED) is 0.524. The third-order valence-corrected chi connectivity index (χ3v) is 0.882. The molecular formula is C8H14O. The van der Waals surface area contributed by atoms with E-state index in [9.17, 15) is 0 Å². The molecule has 0 aliphatic rings. The Morgan fingerprint density at radius 2 is 1.89 bits per heavy atom. The average Bonchev–Trinajstić information content (AvgIpc) is 1.89. The summed E-state index contributed by atoms with van der Waals surface area (Å²) in [7, 11) is 1.69. The Morgan fingerprint density at radius 1 is 1.22 bits per heavy atom. The molecular weight excluding hydrogens is 112 g/mol. The van der Waals surface area contributed by atoms with Crippen molar-refractivity contribution in [1.29, 1.82) is 0 Å². The lowest BCUT2D eigenvalue weighted by Crippen LogP contribution is -1.78. The lowest BCUT2D eigenvalue weighted by molar-refractivity contribution is 0.234. The molecule has 0 spiro atoms. The highest BCUT2D eigenvalue weighted by molar-refractivity contribution is 5.01. The first-order valence-electron chi connectivity index (χ1n) is 3.22. The van der Waals surface area contributed by atoms with E-state index in [-0.39, 0.29) is 0 Å². The largest absolute Gasteiger partial charge is 0.381 e. The van der Waals surface area contributed by atoms with Crippen LogP contribution in [0, 0.1) is 0 Å². The summed E-state index contributed by atoms with van der Waals surface area (Å²) in [6, 6.07) is 0. The van der Waals surface area contributed by atoms with E-state index in [0.717, 1.165) is 6.42 Å². The molecule has 0 heterocycles. The topological polar surface area (TPSA) is 9.23 Å². The first-order valence-corrected chi connectivity index (χ1v) is 3.22. The summed E-state index contributed by atoms with van der Waals surface area (Å²) in [5, 5.41) is 0. The first-order chi connectivity index (χ1) is 4.41. The Labute approximate surface area is 57.0 Å². The lowest BCUT2D eigenvalue weighted by atomic mass is 10.4. The maximum Gasteiger partial charge on any atom is 0.0646 e. The van der Waals surface area contributed by atoms with Crippen LogP contribution >= 0.6 is 0 Å².